The molecule has 1 atom stereocenters. The van der Waals surface area contributed by atoms with Crippen LogP contribution < -0.4 is 14.4 Å². The smallest absolute Gasteiger partial charge is 0.238 e. The van der Waals surface area contributed by atoms with Gasteiger partial charge in [-0.2, -0.15) is 10.1 Å². The summed E-state index contributed by atoms with van der Waals surface area (Å²) in [5, 5.41) is 4.14. The Hall–Kier alpha value is -3.76. The Kier molecular flexibility index (Phi) is 7.05. The maximum absolute atomic E-state index is 13.1. The highest BCUT2D eigenvalue weighted by atomic mass is 32.2. The summed E-state index contributed by atoms with van der Waals surface area (Å²) in [4.78, 5) is 15.0. The number of ether oxygens (including phenoxy) is 1. The van der Waals surface area contributed by atoms with Gasteiger partial charge in [-0.15, -0.1) is 0 Å². The van der Waals surface area contributed by atoms with Gasteiger partial charge in [-0.25, -0.2) is 9.19 Å². The summed E-state index contributed by atoms with van der Waals surface area (Å²) < 4.78 is 24.3. The molecule has 0 spiro atoms. The number of rotatable bonds is 8. The molecule has 0 amide bonds. The van der Waals surface area contributed by atoms with E-state index in [1.807, 2.05) is 24.3 Å². The minimum absolute atomic E-state index is 0.255. The van der Waals surface area contributed by atoms with Gasteiger partial charge in [0.05, 0.1) is 16.8 Å². The number of hydrogen-bond acceptors (Lipinski definition) is 7. The van der Waals surface area contributed by atoms with E-state index in [0.717, 1.165) is 72.8 Å². The first-order valence-corrected chi connectivity index (χ1v) is 14.5. The Morgan fingerprint density at radius 3 is 2.51 bits per heavy atom. The summed E-state index contributed by atoms with van der Waals surface area (Å²) in [6.07, 6.45) is 5.42. The van der Waals surface area contributed by atoms with Crippen molar-refractivity contribution in [2.75, 3.05) is 42.8 Å². The molecule has 9 nitrogen and oxygen atoms in total. The van der Waals surface area contributed by atoms with Gasteiger partial charge in [-0.1, -0.05) is 30.3 Å². The normalized spacial score (nSPS) is 16.7. The van der Waals surface area contributed by atoms with Crippen molar-refractivity contribution in [1.82, 2.24) is 24.6 Å². The first-order chi connectivity index (χ1) is 18.9. The van der Waals surface area contributed by atoms with Gasteiger partial charge in [0.2, 0.25) is 11.8 Å². The lowest BCUT2D eigenvalue weighted by Crippen LogP contribution is -2.44. The summed E-state index contributed by atoms with van der Waals surface area (Å²) >= 11 is 0. The lowest BCUT2D eigenvalue weighted by Gasteiger charge is -2.34. The molecule has 1 N–H and O–H groups in total. The topological polar surface area (TPSA) is 88.4 Å². The molecule has 2 aliphatic rings. The summed E-state index contributed by atoms with van der Waals surface area (Å²) in [6.45, 7) is 6.10. The second-order valence-electron chi connectivity index (χ2n) is 10.3. The maximum Gasteiger partial charge on any atom is 0.238 e. The number of aryl methyl sites for hydroxylation is 2. The van der Waals surface area contributed by atoms with Gasteiger partial charge >= 0.3 is 0 Å². The van der Waals surface area contributed by atoms with Crippen LogP contribution in [0.15, 0.2) is 65.8 Å². The van der Waals surface area contributed by atoms with Crippen LogP contribution in [-0.4, -0.2) is 62.1 Å². The average Bonchev–Trinajstić information content (AvgIpc) is 3.67. The zero-order valence-electron chi connectivity index (χ0n) is 22.5. The van der Waals surface area contributed by atoms with E-state index in [0.29, 0.717) is 16.7 Å². The second kappa shape index (κ2) is 10.8. The van der Waals surface area contributed by atoms with E-state index in [4.69, 9.17) is 14.7 Å². The Balaban J connectivity index is 1.39. The monoisotopic (exact) mass is 543 g/mol. The van der Waals surface area contributed by atoms with E-state index < -0.39 is 11.0 Å². The van der Waals surface area contributed by atoms with E-state index in [2.05, 4.69) is 57.9 Å². The Labute approximate surface area is 231 Å². The zero-order chi connectivity index (χ0) is 26.9. The first kappa shape index (κ1) is 25.5. The van der Waals surface area contributed by atoms with Crippen molar-refractivity contribution in [3.8, 4) is 22.9 Å². The van der Waals surface area contributed by atoms with Gasteiger partial charge in [-0.05, 0) is 50.4 Å². The van der Waals surface area contributed by atoms with E-state index in [1.165, 1.54) is 0 Å². The first-order valence-electron chi connectivity index (χ1n) is 13.3. The van der Waals surface area contributed by atoms with Gasteiger partial charge < -0.3 is 14.5 Å². The fourth-order valence-electron chi connectivity index (χ4n) is 4.91. The lowest BCUT2D eigenvalue weighted by atomic mass is 9.99. The lowest BCUT2D eigenvalue weighted by molar-refractivity contribution is 0.312. The highest BCUT2D eigenvalue weighted by Gasteiger charge is 2.33. The predicted octanol–water partition coefficient (Wildman–Crippen LogP) is 4.74. The Morgan fingerprint density at radius 2 is 1.79 bits per heavy atom. The Morgan fingerprint density at radius 1 is 1.00 bits per heavy atom. The van der Waals surface area contributed by atoms with Crippen molar-refractivity contribution < 1.29 is 8.95 Å². The molecular weight excluding hydrogens is 510 g/mol. The van der Waals surface area contributed by atoms with Crippen LogP contribution in [0.1, 0.15) is 29.9 Å². The highest BCUT2D eigenvalue weighted by molar-refractivity contribution is 7.86. The molecule has 39 heavy (non-hydrogen) atoms. The molecule has 2 aromatic carbocycles. The third kappa shape index (κ3) is 5.67. The number of nitrogens with zero attached hydrogens (tertiary/aromatic N) is 6. The van der Waals surface area contributed by atoms with Crippen LogP contribution in [0.25, 0.3) is 11.3 Å². The molecule has 202 valence electrons. The van der Waals surface area contributed by atoms with Crippen molar-refractivity contribution >= 4 is 22.6 Å². The summed E-state index contributed by atoms with van der Waals surface area (Å²) in [7, 11) is 2.37. The van der Waals surface area contributed by atoms with E-state index >= 15 is 0 Å². The van der Waals surface area contributed by atoms with Crippen molar-refractivity contribution in [3.63, 3.8) is 0 Å². The summed E-state index contributed by atoms with van der Waals surface area (Å²) in [5.74, 6) is 1.81. The fourth-order valence-corrected chi connectivity index (χ4v) is 5.68. The Bertz CT molecular complexity index is 1510. The minimum atomic E-state index is -1.57. The van der Waals surface area contributed by atoms with E-state index in [-0.39, 0.29) is 5.95 Å². The molecule has 1 aliphatic carbocycles. The second-order valence-corrected chi connectivity index (χ2v) is 11.5. The molecule has 0 bridgehead atoms. The van der Waals surface area contributed by atoms with Crippen LogP contribution in [0.3, 0.4) is 0 Å². The number of likely N-dealkylation sites (N-methyl/N-ethyl adjacent to an activating group) is 1. The molecule has 0 radical (unpaired) electrons. The van der Waals surface area contributed by atoms with Crippen molar-refractivity contribution in [2.24, 2.45) is 7.05 Å². The number of hydrogen-bond donors (Lipinski definition) is 1. The van der Waals surface area contributed by atoms with Crippen LogP contribution in [0, 0.1) is 6.92 Å². The van der Waals surface area contributed by atoms with Crippen LogP contribution in [-0.2, 0) is 18.0 Å². The predicted molar refractivity (Wildman–Crippen MR) is 154 cm³/mol. The van der Waals surface area contributed by atoms with Crippen molar-refractivity contribution in [1.29, 1.82) is 0 Å². The molecule has 1 unspecified atom stereocenters. The molecule has 6 rings (SSSR count). The molecule has 2 aromatic heterocycles. The molecular formula is C29H33N7O2S. The fraction of sp³-hybridized carbons (Fsp3) is 0.345. The number of piperazine rings is 1. The number of aromatic nitrogens is 4. The summed E-state index contributed by atoms with van der Waals surface area (Å²) in [5.41, 5.74) is 5.10. The average molecular weight is 544 g/mol. The third-order valence-electron chi connectivity index (χ3n) is 7.28. The SMILES string of the molecule is Cc1ccccc1-c1nc(NS(=O)c2cnn(C)c2)nc(Oc2cccc(N3CCN(C)CC3)c2)c1C1CC1. The van der Waals surface area contributed by atoms with Gasteiger partial charge in [0, 0.05) is 62.3 Å². The molecule has 4 aromatic rings. The van der Waals surface area contributed by atoms with Crippen molar-refractivity contribution in [3.05, 3.63) is 72.1 Å². The standard InChI is InChI=1S/C29H33N7O2S/c1-20-7-4-5-10-25(20)27-26(21-11-12-21)28(32-29(31-27)33-39(37)24-18-30-35(3)19-24)38-23-9-6-8-22(17-23)36-15-13-34(2)14-16-36/h4-10,17-19,21H,11-16H2,1-3H3,(H,31,32,33). The van der Waals surface area contributed by atoms with Gasteiger partial charge in [0.25, 0.3) is 0 Å². The molecule has 3 heterocycles. The third-order valence-corrected chi connectivity index (χ3v) is 8.28. The number of nitrogens with one attached hydrogen (secondary N) is 1. The maximum atomic E-state index is 13.1. The van der Waals surface area contributed by atoms with Crippen LogP contribution in [0.5, 0.6) is 11.6 Å². The van der Waals surface area contributed by atoms with Crippen LogP contribution in [0.4, 0.5) is 11.6 Å². The van der Waals surface area contributed by atoms with E-state index in [1.54, 1.807) is 24.1 Å². The van der Waals surface area contributed by atoms with Gasteiger partial charge in [0.15, 0.2) is 11.0 Å². The van der Waals surface area contributed by atoms with Crippen LogP contribution in [0.2, 0.25) is 0 Å². The van der Waals surface area contributed by atoms with Gasteiger partial charge in [-0.3, -0.25) is 9.40 Å². The molecule has 1 saturated heterocycles. The number of benzene rings is 2. The minimum Gasteiger partial charge on any atom is -0.438 e. The number of anilines is 2. The van der Waals surface area contributed by atoms with Crippen LogP contribution >= 0.6 is 0 Å². The highest BCUT2D eigenvalue weighted by Crippen LogP contribution is 2.49. The largest absolute Gasteiger partial charge is 0.438 e. The quantitative estimate of drug-likeness (QED) is 0.343. The zero-order valence-corrected chi connectivity index (χ0v) is 23.3. The van der Waals surface area contributed by atoms with Gasteiger partial charge in [0.1, 0.15) is 5.75 Å². The molecule has 2 fully saturated rings. The molecule has 10 heteroatoms. The van der Waals surface area contributed by atoms with E-state index in [9.17, 15) is 4.21 Å². The molecule has 1 aliphatic heterocycles. The molecule has 1 saturated carbocycles. The summed E-state index contributed by atoms with van der Waals surface area (Å²) in [6, 6.07) is 16.4. The van der Waals surface area contributed by atoms with Crippen molar-refractivity contribution in [2.45, 2.75) is 30.6 Å².